The number of hydrogen-bond donors (Lipinski definition) is 1. The summed E-state index contributed by atoms with van der Waals surface area (Å²) < 4.78 is 13.0. The van der Waals surface area contributed by atoms with Crippen LogP contribution < -0.4 is 5.32 Å². The van der Waals surface area contributed by atoms with Crippen molar-refractivity contribution in [1.82, 2.24) is 4.98 Å². The van der Waals surface area contributed by atoms with Crippen molar-refractivity contribution in [2.45, 2.75) is 51.5 Å². The highest BCUT2D eigenvalue weighted by atomic mass is 19.1. The minimum absolute atomic E-state index is 0.409. The summed E-state index contributed by atoms with van der Waals surface area (Å²) in [4.78, 5) is 3.88. The molecule has 1 aromatic heterocycles. The van der Waals surface area contributed by atoms with Crippen LogP contribution in [0.1, 0.15) is 45.4 Å². The zero-order valence-electron chi connectivity index (χ0n) is 10.5. The van der Waals surface area contributed by atoms with Crippen LogP contribution in [-0.4, -0.2) is 11.0 Å². The van der Waals surface area contributed by atoms with Crippen LogP contribution in [0.25, 0.3) is 0 Å². The van der Waals surface area contributed by atoms with Gasteiger partial charge in [0.25, 0.3) is 0 Å². The van der Waals surface area contributed by atoms with Crippen molar-refractivity contribution in [1.29, 1.82) is 0 Å². The molecule has 1 heterocycles. The fraction of sp³-hybridized carbons (Fsp3) is 0.643. The molecule has 1 unspecified atom stereocenters. The minimum atomic E-state index is -0.409. The smallest absolute Gasteiger partial charge is 0.214 e. The molecular formula is C14H21FN2. The Kier molecular flexibility index (Phi) is 4.35. The predicted octanol–water partition coefficient (Wildman–Crippen LogP) is 3.99. The summed E-state index contributed by atoms with van der Waals surface area (Å²) in [7, 11) is 0. The van der Waals surface area contributed by atoms with Crippen LogP contribution in [0.5, 0.6) is 0 Å². The lowest BCUT2D eigenvalue weighted by Gasteiger charge is -2.30. The first kappa shape index (κ1) is 12.3. The first-order valence-corrected chi connectivity index (χ1v) is 6.68. The Bertz CT molecular complexity index is 348. The number of anilines is 1. The van der Waals surface area contributed by atoms with E-state index in [1.54, 1.807) is 6.07 Å². The summed E-state index contributed by atoms with van der Waals surface area (Å²) in [5, 5.41) is 3.39. The second kappa shape index (κ2) is 5.99. The Morgan fingerprint density at radius 3 is 2.76 bits per heavy atom. The molecular weight excluding hydrogens is 215 g/mol. The van der Waals surface area contributed by atoms with E-state index in [9.17, 15) is 4.39 Å². The minimum Gasteiger partial charge on any atom is -0.367 e. The van der Waals surface area contributed by atoms with Crippen LogP contribution in [0.3, 0.4) is 0 Å². The molecule has 1 aliphatic rings. The van der Waals surface area contributed by atoms with Gasteiger partial charge in [-0.05, 0) is 37.3 Å². The van der Waals surface area contributed by atoms with Gasteiger partial charge in [0.15, 0.2) is 0 Å². The first-order chi connectivity index (χ1) is 8.29. The van der Waals surface area contributed by atoms with Crippen molar-refractivity contribution in [3.8, 4) is 0 Å². The Hall–Kier alpha value is -1.12. The highest BCUT2D eigenvalue weighted by molar-refractivity contribution is 5.35. The molecule has 1 saturated carbocycles. The maximum Gasteiger partial charge on any atom is 0.214 e. The van der Waals surface area contributed by atoms with E-state index in [1.165, 1.54) is 38.2 Å². The van der Waals surface area contributed by atoms with E-state index in [0.29, 0.717) is 11.9 Å². The van der Waals surface area contributed by atoms with Gasteiger partial charge in [0, 0.05) is 6.04 Å². The zero-order valence-corrected chi connectivity index (χ0v) is 10.5. The molecule has 0 aliphatic heterocycles. The van der Waals surface area contributed by atoms with Crippen LogP contribution in [0.4, 0.5) is 10.2 Å². The Morgan fingerprint density at radius 2 is 2.12 bits per heavy atom. The summed E-state index contributed by atoms with van der Waals surface area (Å²) >= 11 is 0. The zero-order chi connectivity index (χ0) is 12.1. The van der Waals surface area contributed by atoms with Crippen molar-refractivity contribution < 1.29 is 4.39 Å². The van der Waals surface area contributed by atoms with E-state index in [-0.39, 0.29) is 0 Å². The molecule has 94 valence electrons. The van der Waals surface area contributed by atoms with Gasteiger partial charge in [-0.1, -0.05) is 32.3 Å². The van der Waals surface area contributed by atoms with Gasteiger partial charge >= 0.3 is 0 Å². The molecule has 0 amide bonds. The lowest BCUT2D eigenvalue weighted by Crippen LogP contribution is -2.30. The average Bonchev–Trinajstić information content (AvgIpc) is 2.37. The molecule has 0 radical (unpaired) electrons. The summed E-state index contributed by atoms with van der Waals surface area (Å²) in [6.45, 7) is 2.19. The molecule has 1 N–H and O–H groups in total. The van der Waals surface area contributed by atoms with Crippen molar-refractivity contribution >= 4 is 5.82 Å². The molecule has 2 rings (SSSR count). The number of halogens is 1. The molecule has 1 aromatic rings. The van der Waals surface area contributed by atoms with E-state index in [1.807, 2.05) is 6.07 Å². The Morgan fingerprint density at radius 1 is 1.35 bits per heavy atom. The van der Waals surface area contributed by atoms with E-state index in [4.69, 9.17) is 0 Å². The van der Waals surface area contributed by atoms with Crippen LogP contribution in [0, 0.1) is 11.9 Å². The lowest BCUT2D eigenvalue weighted by atomic mass is 9.83. The fourth-order valence-electron chi connectivity index (χ4n) is 2.77. The topological polar surface area (TPSA) is 24.9 Å². The molecule has 17 heavy (non-hydrogen) atoms. The van der Waals surface area contributed by atoms with Crippen molar-refractivity contribution in [3.63, 3.8) is 0 Å². The molecule has 1 atom stereocenters. The molecule has 1 aliphatic carbocycles. The molecule has 0 bridgehead atoms. The van der Waals surface area contributed by atoms with Gasteiger partial charge in [-0.25, -0.2) is 4.98 Å². The number of nitrogens with one attached hydrogen (secondary N) is 1. The van der Waals surface area contributed by atoms with Crippen LogP contribution in [0.15, 0.2) is 18.2 Å². The predicted molar refractivity (Wildman–Crippen MR) is 68.5 cm³/mol. The fourth-order valence-corrected chi connectivity index (χ4v) is 2.77. The van der Waals surface area contributed by atoms with E-state index < -0.39 is 5.95 Å². The maximum absolute atomic E-state index is 13.0. The highest BCUT2D eigenvalue weighted by Gasteiger charge is 2.22. The quantitative estimate of drug-likeness (QED) is 0.799. The van der Waals surface area contributed by atoms with Gasteiger partial charge in [-0.2, -0.15) is 4.39 Å². The molecule has 0 aromatic carbocycles. The Labute approximate surface area is 103 Å². The first-order valence-electron chi connectivity index (χ1n) is 6.68. The number of hydrogen-bond acceptors (Lipinski definition) is 2. The van der Waals surface area contributed by atoms with Gasteiger partial charge in [0.2, 0.25) is 5.95 Å². The third-order valence-corrected chi connectivity index (χ3v) is 3.71. The van der Waals surface area contributed by atoms with Crippen molar-refractivity contribution in [2.24, 2.45) is 5.92 Å². The second-order valence-corrected chi connectivity index (χ2v) is 4.90. The van der Waals surface area contributed by atoms with E-state index in [2.05, 4.69) is 17.2 Å². The highest BCUT2D eigenvalue weighted by Crippen LogP contribution is 2.29. The van der Waals surface area contributed by atoms with Crippen LogP contribution in [0.2, 0.25) is 0 Å². The number of aromatic nitrogens is 1. The average molecular weight is 236 g/mol. The monoisotopic (exact) mass is 236 g/mol. The molecule has 0 spiro atoms. The second-order valence-electron chi connectivity index (χ2n) is 4.90. The largest absolute Gasteiger partial charge is 0.367 e. The van der Waals surface area contributed by atoms with Gasteiger partial charge in [-0.3, -0.25) is 0 Å². The van der Waals surface area contributed by atoms with Crippen LogP contribution in [-0.2, 0) is 0 Å². The molecule has 2 nitrogen and oxygen atoms in total. The SMILES string of the molecule is CCC(Nc1cccc(F)n1)C1CCCCC1. The number of rotatable bonds is 4. The molecule has 0 saturated heterocycles. The van der Waals surface area contributed by atoms with Crippen LogP contribution >= 0.6 is 0 Å². The molecule has 3 heteroatoms. The van der Waals surface area contributed by atoms with Crippen molar-refractivity contribution in [3.05, 3.63) is 24.1 Å². The van der Waals surface area contributed by atoms with E-state index in [0.717, 1.165) is 12.3 Å². The van der Waals surface area contributed by atoms with Crippen molar-refractivity contribution in [2.75, 3.05) is 5.32 Å². The number of nitrogens with zero attached hydrogens (tertiary/aromatic N) is 1. The van der Waals surface area contributed by atoms with E-state index >= 15 is 0 Å². The summed E-state index contributed by atoms with van der Waals surface area (Å²) in [5.41, 5.74) is 0. The van der Waals surface area contributed by atoms with Gasteiger partial charge < -0.3 is 5.32 Å². The summed E-state index contributed by atoms with van der Waals surface area (Å²) in [6, 6.07) is 5.36. The normalized spacial score (nSPS) is 18.9. The van der Waals surface area contributed by atoms with Gasteiger partial charge in [0.05, 0.1) is 0 Å². The lowest BCUT2D eigenvalue weighted by molar-refractivity contribution is 0.312. The number of pyridine rings is 1. The summed E-state index contributed by atoms with van der Waals surface area (Å²) in [5.74, 6) is 0.981. The Balaban J connectivity index is 1.98. The standard InChI is InChI=1S/C14H21FN2/c1-2-12(11-7-4-3-5-8-11)16-14-10-6-9-13(15)17-14/h6,9-12H,2-5,7-8H2,1H3,(H,16,17). The summed E-state index contributed by atoms with van der Waals surface area (Å²) in [6.07, 6.45) is 7.69. The van der Waals surface area contributed by atoms with Gasteiger partial charge in [-0.15, -0.1) is 0 Å². The van der Waals surface area contributed by atoms with Gasteiger partial charge in [0.1, 0.15) is 5.82 Å². The third-order valence-electron chi connectivity index (χ3n) is 3.71. The maximum atomic E-state index is 13.0. The third kappa shape index (κ3) is 3.42. The molecule has 1 fully saturated rings.